The van der Waals surface area contributed by atoms with Gasteiger partial charge in [0, 0.05) is 34.6 Å². The molecule has 1 aliphatic rings. The Hall–Kier alpha value is -2.01. The topological polar surface area (TPSA) is 114 Å². The molecule has 12 heteroatoms. The van der Waals surface area contributed by atoms with Crippen LogP contribution in [-0.4, -0.2) is 56.5 Å². The molecule has 1 fully saturated rings. The Labute approximate surface area is 189 Å². The summed E-state index contributed by atoms with van der Waals surface area (Å²) in [5.41, 5.74) is 0.763. The van der Waals surface area contributed by atoms with Gasteiger partial charge in [0.05, 0.1) is 12.3 Å². The number of aromatic amines is 1. The minimum absolute atomic E-state index is 0.0579. The van der Waals surface area contributed by atoms with Gasteiger partial charge in [-0.3, -0.25) is 4.79 Å². The average Bonchev–Trinajstić information content (AvgIpc) is 3.14. The number of hydrogen-bond donors (Lipinski definition) is 1. The van der Waals surface area contributed by atoms with Crippen LogP contribution < -0.4 is 5.56 Å². The number of aromatic nitrogens is 5. The van der Waals surface area contributed by atoms with Gasteiger partial charge in [-0.05, 0) is 31.4 Å². The summed E-state index contributed by atoms with van der Waals surface area (Å²) in [7, 11) is -3.23. The first-order chi connectivity index (χ1) is 14.8. The highest BCUT2D eigenvalue weighted by Gasteiger charge is 2.29. The highest BCUT2D eigenvalue weighted by molar-refractivity contribution is 7.89. The molecule has 1 aliphatic heterocycles. The van der Waals surface area contributed by atoms with Crippen molar-refractivity contribution in [2.45, 2.75) is 38.6 Å². The Kier molecular flexibility index (Phi) is 6.34. The smallest absolute Gasteiger partial charge is 0.281 e. The zero-order valence-corrected chi connectivity index (χ0v) is 19.2. The number of halogens is 2. The van der Waals surface area contributed by atoms with Gasteiger partial charge in [-0.2, -0.15) is 0 Å². The van der Waals surface area contributed by atoms with E-state index in [2.05, 4.69) is 20.3 Å². The number of hydrogen-bond acceptors (Lipinski definition) is 6. The van der Waals surface area contributed by atoms with Crippen molar-refractivity contribution in [3.63, 3.8) is 0 Å². The molecule has 0 aliphatic carbocycles. The van der Waals surface area contributed by atoms with Crippen molar-refractivity contribution in [3.8, 4) is 0 Å². The molecule has 4 rings (SSSR count). The van der Waals surface area contributed by atoms with Crippen LogP contribution in [0, 0.1) is 0 Å². The summed E-state index contributed by atoms with van der Waals surface area (Å²) >= 11 is 12.5. The quantitative estimate of drug-likeness (QED) is 0.575. The largest absolute Gasteiger partial charge is 0.308 e. The van der Waals surface area contributed by atoms with E-state index < -0.39 is 10.0 Å². The van der Waals surface area contributed by atoms with Crippen molar-refractivity contribution >= 4 is 44.4 Å². The molecule has 0 radical (unpaired) electrons. The molecule has 0 atom stereocenters. The second kappa shape index (κ2) is 8.85. The van der Waals surface area contributed by atoms with E-state index in [0.29, 0.717) is 59.4 Å². The molecule has 0 amide bonds. The maximum absolute atomic E-state index is 12.6. The van der Waals surface area contributed by atoms with E-state index in [9.17, 15) is 13.2 Å². The summed E-state index contributed by atoms with van der Waals surface area (Å²) in [5.74, 6) is 0.602. The Morgan fingerprint density at radius 1 is 1.19 bits per heavy atom. The molecule has 31 heavy (non-hydrogen) atoms. The molecule has 1 aromatic carbocycles. The molecule has 1 N–H and O–H groups in total. The molecule has 2 aromatic heterocycles. The van der Waals surface area contributed by atoms with Crippen LogP contribution in [0.4, 0.5) is 0 Å². The minimum Gasteiger partial charge on any atom is -0.308 e. The molecular formula is C19H22Cl2N6O3S. The lowest BCUT2D eigenvalue weighted by Gasteiger charge is -2.30. The number of benzene rings is 1. The van der Waals surface area contributed by atoms with Gasteiger partial charge in [-0.15, -0.1) is 5.10 Å². The Balaban J connectivity index is 1.61. The summed E-state index contributed by atoms with van der Waals surface area (Å²) in [6.07, 6.45) is 1.74. The Bertz CT molecular complexity index is 1250. The third-order valence-corrected chi connectivity index (χ3v) is 8.24. The highest BCUT2D eigenvalue weighted by Crippen LogP contribution is 2.28. The molecule has 0 spiro atoms. The first-order valence-corrected chi connectivity index (χ1v) is 12.4. The molecule has 1 saturated heterocycles. The van der Waals surface area contributed by atoms with Gasteiger partial charge >= 0.3 is 0 Å². The second-order valence-electron chi connectivity index (χ2n) is 7.56. The summed E-state index contributed by atoms with van der Waals surface area (Å²) in [6, 6.07) is 5.21. The lowest BCUT2D eigenvalue weighted by Crippen LogP contribution is -2.39. The van der Waals surface area contributed by atoms with Gasteiger partial charge in [0.1, 0.15) is 5.82 Å². The van der Waals surface area contributed by atoms with Crippen molar-refractivity contribution in [1.82, 2.24) is 29.3 Å². The van der Waals surface area contributed by atoms with Gasteiger partial charge in [0.2, 0.25) is 10.0 Å². The SMILES string of the molecule is CCCS(=O)(=O)N1CCC(c2nc3c(nnn3Cc3c(Cl)cccc3Cl)c(=O)[nH]2)CC1. The lowest BCUT2D eigenvalue weighted by atomic mass is 9.97. The van der Waals surface area contributed by atoms with Crippen LogP contribution in [0.3, 0.4) is 0 Å². The maximum Gasteiger partial charge on any atom is 0.281 e. The van der Waals surface area contributed by atoms with Gasteiger partial charge in [-0.1, -0.05) is 41.4 Å². The fraction of sp³-hybridized carbons (Fsp3) is 0.474. The maximum atomic E-state index is 12.6. The number of rotatable bonds is 6. The van der Waals surface area contributed by atoms with E-state index in [0.717, 1.165) is 0 Å². The fourth-order valence-corrected chi connectivity index (χ4v) is 5.87. The fourth-order valence-electron chi connectivity index (χ4n) is 3.81. The molecule has 3 heterocycles. The number of nitrogens with zero attached hydrogens (tertiary/aromatic N) is 5. The number of piperidine rings is 1. The average molecular weight is 485 g/mol. The Morgan fingerprint density at radius 3 is 2.52 bits per heavy atom. The van der Waals surface area contributed by atoms with Crippen molar-refractivity contribution in [2.24, 2.45) is 0 Å². The third kappa shape index (κ3) is 4.48. The zero-order valence-electron chi connectivity index (χ0n) is 16.9. The first kappa shape index (κ1) is 22.2. The standard InChI is InChI=1S/C19H22Cl2N6O3S/c1-2-10-31(29,30)26-8-6-12(7-9-26)17-22-18-16(19(28)23-17)24-25-27(18)11-13-14(20)4-3-5-15(13)21/h3-5,12H,2,6-11H2,1H3,(H,22,23,28). The van der Waals surface area contributed by atoms with Gasteiger partial charge in [0.25, 0.3) is 5.56 Å². The van der Waals surface area contributed by atoms with E-state index in [1.54, 1.807) is 18.2 Å². The normalized spacial score (nSPS) is 16.2. The van der Waals surface area contributed by atoms with E-state index in [4.69, 9.17) is 23.2 Å². The first-order valence-electron chi connectivity index (χ1n) is 10.0. The van der Waals surface area contributed by atoms with Crippen LogP contribution in [-0.2, 0) is 16.6 Å². The van der Waals surface area contributed by atoms with Crippen molar-refractivity contribution in [3.05, 3.63) is 50.0 Å². The summed E-state index contributed by atoms with van der Waals surface area (Å²) in [5, 5.41) is 9.00. The predicted octanol–water partition coefficient (Wildman–Crippen LogP) is 2.79. The van der Waals surface area contributed by atoms with Gasteiger partial charge in [-0.25, -0.2) is 22.4 Å². The number of sulfonamides is 1. The van der Waals surface area contributed by atoms with Crippen LogP contribution in [0.1, 0.15) is 43.5 Å². The molecule has 9 nitrogen and oxygen atoms in total. The van der Waals surface area contributed by atoms with E-state index >= 15 is 0 Å². The van der Waals surface area contributed by atoms with Crippen LogP contribution in [0.5, 0.6) is 0 Å². The molecule has 0 bridgehead atoms. The zero-order chi connectivity index (χ0) is 22.2. The summed E-state index contributed by atoms with van der Waals surface area (Å²) in [6.45, 7) is 2.88. The van der Waals surface area contributed by atoms with E-state index in [1.807, 2.05) is 6.92 Å². The van der Waals surface area contributed by atoms with Crippen molar-refractivity contribution in [2.75, 3.05) is 18.8 Å². The van der Waals surface area contributed by atoms with E-state index in [-0.39, 0.29) is 29.3 Å². The summed E-state index contributed by atoms with van der Waals surface area (Å²) in [4.78, 5) is 20.0. The summed E-state index contributed by atoms with van der Waals surface area (Å²) < 4.78 is 27.6. The van der Waals surface area contributed by atoms with Crippen LogP contribution in [0.25, 0.3) is 11.2 Å². The number of fused-ring (bicyclic) bond motifs is 1. The highest BCUT2D eigenvalue weighted by atomic mass is 35.5. The molecule has 0 unspecified atom stereocenters. The monoisotopic (exact) mass is 484 g/mol. The lowest BCUT2D eigenvalue weighted by molar-refractivity contribution is 0.313. The minimum atomic E-state index is -3.23. The van der Waals surface area contributed by atoms with Gasteiger partial charge < -0.3 is 4.98 Å². The number of H-pyrrole nitrogens is 1. The van der Waals surface area contributed by atoms with Crippen LogP contribution >= 0.6 is 23.2 Å². The Morgan fingerprint density at radius 2 is 1.87 bits per heavy atom. The van der Waals surface area contributed by atoms with Crippen LogP contribution in [0.15, 0.2) is 23.0 Å². The predicted molar refractivity (Wildman–Crippen MR) is 119 cm³/mol. The van der Waals surface area contributed by atoms with E-state index in [1.165, 1.54) is 8.99 Å². The van der Waals surface area contributed by atoms with Crippen molar-refractivity contribution < 1.29 is 8.42 Å². The molecule has 3 aromatic rings. The third-order valence-electron chi connectivity index (χ3n) is 5.46. The number of nitrogens with one attached hydrogen (secondary N) is 1. The van der Waals surface area contributed by atoms with Gasteiger partial charge in [0.15, 0.2) is 11.2 Å². The van der Waals surface area contributed by atoms with Crippen LogP contribution in [0.2, 0.25) is 10.0 Å². The van der Waals surface area contributed by atoms with Crippen molar-refractivity contribution in [1.29, 1.82) is 0 Å². The molecule has 166 valence electrons. The molecule has 0 saturated carbocycles. The second-order valence-corrected chi connectivity index (χ2v) is 10.5. The molecular weight excluding hydrogens is 463 g/mol.